The first kappa shape index (κ1) is 13.1. The topological polar surface area (TPSA) is 43.4 Å². The third kappa shape index (κ3) is 4.40. The maximum atomic E-state index is 11.7. The Morgan fingerprint density at radius 2 is 1.86 bits per heavy atom. The minimum atomic E-state index is -0.294. The van der Waals surface area contributed by atoms with Crippen molar-refractivity contribution in [1.82, 2.24) is 0 Å². The van der Waals surface area contributed by atoms with Crippen LogP contribution in [0.3, 0.4) is 0 Å². The van der Waals surface area contributed by atoms with E-state index in [0.29, 0.717) is 0 Å². The molecule has 0 saturated carbocycles. The Labute approximate surface area is 85.8 Å². The molecule has 0 bridgehead atoms. The molecule has 0 spiro atoms. The lowest BCUT2D eigenvalue weighted by atomic mass is 9.89. The van der Waals surface area contributed by atoms with Gasteiger partial charge in [0.05, 0.1) is 13.5 Å². The number of methoxy groups -OCH3 is 1. The molecule has 0 amide bonds. The van der Waals surface area contributed by atoms with E-state index >= 15 is 0 Å². The molecule has 1 atom stereocenters. The molecule has 0 fully saturated rings. The molecule has 0 rings (SSSR count). The van der Waals surface area contributed by atoms with Gasteiger partial charge in [-0.05, 0) is 6.42 Å². The van der Waals surface area contributed by atoms with Gasteiger partial charge < -0.3 is 4.74 Å². The Morgan fingerprint density at radius 3 is 2.21 bits per heavy atom. The Bertz CT molecular complexity index is 197. The SMILES string of the molecule is CCC[C@H](CC(=O)OC)C(=O)C(C)C. The lowest BCUT2D eigenvalue weighted by Gasteiger charge is -2.15. The van der Waals surface area contributed by atoms with Crippen molar-refractivity contribution in [2.45, 2.75) is 40.0 Å². The Kier molecular flexibility index (Phi) is 6.17. The number of rotatable bonds is 6. The molecule has 3 nitrogen and oxygen atoms in total. The van der Waals surface area contributed by atoms with Crippen molar-refractivity contribution >= 4 is 11.8 Å². The molecule has 0 aliphatic carbocycles. The van der Waals surface area contributed by atoms with E-state index in [9.17, 15) is 9.59 Å². The summed E-state index contributed by atoms with van der Waals surface area (Å²) in [5, 5.41) is 0. The number of ketones is 1. The van der Waals surface area contributed by atoms with Crippen molar-refractivity contribution in [3.05, 3.63) is 0 Å². The summed E-state index contributed by atoms with van der Waals surface area (Å²) < 4.78 is 4.57. The van der Waals surface area contributed by atoms with Crippen LogP contribution in [-0.2, 0) is 14.3 Å². The van der Waals surface area contributed by atoms with Crippen LogP contribution in [0.5, 0.6) is 0 Å². The number of hydrogen-bond acceptors (Lipinski definition) is 3. The van der Waals surface area contributed by atoms with Crippen LogP contribution in [0.4, 0.5) is 0 Å². The Morgan fingerprint density at radius 1 is 1.29 bits per heavy atom. The second-order valence-corrected chi connectivity index (χ2v) is 3.82. The van der Waals surface area contributed by atoms with E-state index in [-0.39, 0.29) is 30.0 Å². The fourth-order valence-corrected chi connectivity index (χ4v) is 1.45. The zero-order valence-electron chi connectivity index (χ0n) is 9.50. The molecule has 0 aromatic heterocycles. The smallest absolute Gasteiger partial charge is 0.306 e. The summed E-state index contributed by atoms with van der Waals surface area (Å²) >= 11 is 0. The van der Waals surface area contributed by atoms with Crippen LogP contribution in [-0.4, -0.2) is 18.9 Å². The summed E-state index contributed by atoms with van der Waals surface area (Å²) in [5.74, 6) is -0.293. The van der Waals surface area contributed by atoms with Crippen molar-refractivity contribution in [3.63, 3.8) is 0 Å². The normalized spacial score (nSPS) is 12.6. The van der Waals surface area contributed by atoms with Crippen molar-refractivity contribution in [1.29, 1.82) is 0 Å². The van der Waals surface area contributed by atoms with Crippen molar-refractivity contribution in [3.8, 4) is 0 Å². The molecule has 0 saturated heterocycles. The molecule has 0 heterocycles. The summed E-state index contributed by atoms with van der Waals surface area (Å²) in [4.78, 5) is 22.7. The maximum Gasteiger partial charge on any atom is 0.306 e. The molecule has 0 N–H and O–H groups in total. The van der Waals surface area contributed by atoms with Crippen LogP contribution >= 0.6 is 0 Å². The molecule has 0 unspecified atom stereocenters. The van der Waals surface area contributed by atoms with Crippen molar-refractivity contribution < 1.29 is 14.3 Å². The first-order valence-corrected chi connectivity index (χ1v) is 5.13. The first-order valence-electron chi connectivity index (χ1n) is 5.13. The molecule has 0 aromatic carbocycles. The van der Waals surface area contributed by atoms with Gasteiger partial charge in [0.1, 0.15) is 5.78 Å². The molecular formula is C11H20O3. The summed E-state index contributed by atoms with van der Waals surface area (Å²) in [5.41, 5.74) is 0. The number of carbonyl (C=O) groups excluding carboxylic acids is 2. The molecule has 82 valence electrons. The molecule has 0 aliphatic rings. The van der Waals surface area contributed by atoms with Gasteiger partial charge in [-0.2, -0.15) is 0 Å². The van der Waals surface area contributed by atoms with Crippen molar-refractivity contribution in [2.24, 2.45) is 11.8 Å². The fourth-order valence-electron chi connectivity index (χ4n) is 1.45. The van der Waals surface area contributed by atoms with Gasteiger partial charge in [-0.15, -0.1) is 0 Å². The van der Waals surface area contributed by atoms with E-state index in [1.165, 1.54) is 7.11 Å². The zero-order valence-corrected chi connectivity index (χ0v) is 9.50. The summed E-state index contributed by atoms with van der Waals surface area (Å²) in [7, 11) is 1.35. The largest absolute Gasteiger partial charge is 0.469 e. The van der Waals surface area contributed by atoms with Gasteiger partial charge >= 0.3 is 5.97 Å². The lowest BCUT2D eigenvalue weighted by Crippen LogP contribution is -2.23. The van der Waals surface area contributed by atoms with Gasteiger partial charge in [-0.25, -0.2) is 0 Å². The highest BCUT2D eigenvalue weighted by molar-refractivity contribution is 5.86. The van der Waals surface area contributed by atoms with Gasteiger partial charge in [0.2, 0.25) is 0 Å². The fraction of sp³-hybridized carbons (Fsp3) is 0.818. The molecule has 14 heavy (non-hydrogen) atoms. The molecule has 0 aliphatic heterocycles. The predicted octanol–water partition coefficient (Wildman–Crippen LogP) is 2.19. The number of ether oxygens (including phenoxy) is 1. The second-order valence-electron chi connectivity index (χ2n) is 3.82. The van der Waals surface area contributed by atoms with Crippen LogP contribution in [0.15, 0.2) is 0 Å². The van der Waals surface area contributed by atoms with E-state index < -0.39 is 0 Å². The van der Waals surface area contributed by atoms with E-state index in [1.54, 1.807) is 0 Å². The molecule has 0 radical (unpaired) electrons. The van der Waals surface area contributed by atoms with E-state index in [1.807, 2.05) is 20.8 Å². The third-order valence-corrected chi connectivity index (χ3v) is 2.25. The lowest BCUT2D eigenvalue weighted by molar-refractivity contribution is -0.144. The summed E-state index contributed by atoms with van der Waals surface area (Å²) in [6, 6.07) is 0. The maximum absolute atomic E-state index is 11.7. The monoisotopic (exact) mass is 200 g/mol. The van der Waals surface area contributed by atoms with Crippen LogP contribution in [0.25, 0.3) is 0 Å². The van der Waals surface area contributed by atoms with Crippen LogP contribution < -0.4 is 0 Å². The minimum Gasteiger partial charge on any atom is -0.469 e. The number of carbonyl (C=O) groups is 2. The van der Waals surface area contributed by atoms with Crippen LogP contribution in [0.1, 0.15) is 40.0 Å². The van der Waals surface area contributed by atoms with Gasteiger partial charge in [0, 0.05) is 11.8 Å². The number of Topliss-reactive ketones (excluding diaryl/α,β-unsaturated/α-hetero) is 1. The highest BCUT2D eigenvalue weighted by Crippen LogP contribution is 2.17. The Hall–Kier alpha value is -0.860. The van der Waals surface area contributed by atoms with Crippen LogP contribution in [0, 0.1) is 11.8 Å². The van der Waals surface area contributed by atoms with Gasteiger partial charge in [0.15, 0.2) is 0 Å². The van der Waals surface area contributed by atoms with Gasteiger partial charge in [-0.3, -0.25) is 9.59 Å². The predicted molar refractivity (Wildman–Crippen MR) is 54.9 cm³/mol. The summed E-state index contributed by atoms with van der Waals surface area (Å²) in [6.45, 7) is 5.74. The van der Waals surface area contributed by atoms with Crippen LogP contribution in [0.2, 0.25) is 0 Å². The molecular weight excluding hydrogens is 180 g/mol. The number of esters is 1. The highest BCUT2D eigenvalue weighted by Gasteiger charge is 2.23. The summed E-state index contributed by atoms with van der Waals surface area (Å²) in [6.07, 6.45) is 1.91. The van der Waals surface area contributed by atoms with Crippen molar-refractivity contribution in [2.75, 3.05) is 7.11 Å². The van der Waals surface area contributed by atoms with Gasteiger partial charge in [0.25, 0.3) is 0 Å². The van der Waals surface area contributed by atoms with Gasteiger partial charge in [-0.1, -0.05) is 27.2 Å². The molecule has 0 aromatic rings. The number of hydrogen-bond donors (Lipinski definition) is 0. The quantitative estimate of drug-likeness (QED) is 0.617. The van der Waals surface area contributed by atoms with E-state index in [0.717, 1.165) is 12.8 Å². The van der Waals surface area contributed by atoms with E-state index in [4.69, 9.17) is 0 Å². The highest BCUT2D eigenvalue weighted by atomic mass is 16.5. The average Bonchev–Trinajstić information content (AvgIpc) is 2.15. The standard InChI is InChI=1S/C11H20O3/c1-5-6-9(7-10(12)14-4)11(13)8(2)3/h8-9H,5-7H2,1-4H3/t9-/m1/s1. The Balaban J connectivity index is 4.28. The third-order valence-electron chi connectivity index (χ3n) is 2.25. The van der Waals surface area contributed by atoms with E-state index in [2.05, 4.69) is 4.74 Å². The minimum absolute atomic E-state index is 0.00351. The second kappa shape index (κ2) is 6.57. The molecule has 3 heteroatoms. The first-order chi connectivity index (χ1) is 6.52. The zero-order chi connectivity index (χ0) is 11.1. The average molecular weight is 200 g/mol.